The van der Waals surface area contributed by atoms with Crippen LogP contribution in [0, 0.1) is 0 Å². The van der Waals surface area contributed by atoms with Gasteiger partial charge in [0.1, 0.15) is 0 Å². The van der Waals surface area contributed by atoms with Gasteiger partial charge in [0.15, 0.2) is 0 Å². The summed E-state index contributed by atoms with van der Waals surface area (Å²) in [6.07, 6.45) is 6.87. The summed E-state index contributed by atoms with van der Waals surface area (Å²) in [4.78, 5) is 0. The molecule has 0 aromatic rings. The van der Waals surface area contributed by atoms with Crippen molar-refractivity contribution in [1.82, 2.24) is 5.32 Å². The normalized spacial score (nSPS) is 9.46. The quantitative estimate of drug-likeness (QED) is 0.469. The van der Waals surface area contributed by atoms with Crippen molar-refractivity contribution < 1.29 is 0 Å². The fraction of sp³-hybridized carbons (Fsp3) is 0.750. The molecule has 1 heteroatoms. The van der Waals surface area contributed by atoms with Crippen LogP contribution in [0.4, 0.5) is 0 Å². The van der Waals surface area contributed by atoms with Crippen LogP contribution >= 0.6 is 0 Å². The first-order valence-corrected chi connectivity index (χ1v) is 5.42. The molecule has 0 rings (SSSR count). The summed E-state index contributed by atoms with van der Waals surface area (Å²) in [5.74, 6) is 0. The molecule has 0 saturated heterocycles. The van der Waals surface area contributed by atoms with Crippen LogP contribution in [0.2, 0.25) is 0 Å². The Morgan fingerprint density at radius 3 is 2.69 bits per heavy atom. The van der Waals surface area contributed by atoms with Gasteiger partial charge in [0.25, 0.3) is 0 Å². The van der Waals surface area contributed by atoms with Crippen LogP contribution in [0.15, 0.2) is 17.4 Å². The van der Waals surface area contributed by atoms with E-state index in [1.807, 2.05) is 0 Å². The molecule has 0 aliphatic rings. The molecule has 0 atom stereocenters. The molecule has 1 N–H and O–H groups in total. The highest BCUT2D eigenvalue weighted by atomic mass is 14.8. The zero-order chi connectivity index (χ0) is 9.94. The minimum absolute atomic E-state index is 1.12. The average Bonchev–Trinajstić information content (AvgIpc) is 2.16. The lowest BCUT2D eigenvalue weighted by atomic mass is 10.2. The molecule has 0 unspecified atom stereocenters. The maximum absolute atomic E-state index is 3.38. The number of nitrogens with one attached hydrogen (secondary N) is 1. The van der Waals surface area contributed by atoms with Crippen molar-refractivity contribution in [2.24, 2.45) is 0 Å². The second-order valence-corrected chi connectivity index (χ2v) is 3.37. The molecule has 0 spiro atoms. The van der Waals surface area contributed by atoms with Crippen LogP contribution in [0.25, 0.3) is 0 Å². The van der Waals surface area contributed by atoms with Gasteiger partial charge < -0.3 is 5.32 Å². The second kappa shape index (κ2) is 9.57. The van der Waals surface area contributed by atoms with Gasteiger partial charge >= 0.3 is 0 Å². The molecule has 0 radical (unpaired) electrons. The van der Waals surface area contributed by atoms with E-state index >= 15 is 0 Å². The van der Waals surface area contributed by atoms with Gasteiger partial charge in [-0.2, -0.15) is 0 Å². The minimum atomic E-state index is 1.12. The van der Waals surface area contributed by atoms with Gasteiger partial charge in [-0.1, -0.05) is 13.8 Å². The van der Waals surface area contributed by atoms with Crippen molar-refractivity contribution in [3.63, 3.8) is 0 Å². The Kier molecular flexibility index (Phi) is 9.18. The van der Waals surface area contributed by atoms with Crippen LogP contribution in [-0.4, -0.2) is 13.1 Å². The highest BCUT2D eigenvalue weighted by molar-refractivity contribution is 4.96. The molecule has 0 aliphatic heterocycles. The Morgan fingerprint density at radius 2 is 2.08 bits per heavy atom. The predicted octanol–water partition coefficient (Wildman–Crippen LogP) is 3.28. The van der Waals surface area contributed by atoms with E-state index in [1.54, 1.807) is 0 Å². The Morgan fingerprint density at radius 1 is 1.31 bits per heavy atom. The third-order valence-electron chi connectivity index (χ3n) is 2.01. The van der Waals surface area contributed by atoms with Crippen molar-refractivity contribution in [2.75, 3.05) is 13.1 Å². The highest BCUT2D eigenvalue weighted by Gasteiger charge is 1.83. The zero-order valence-electron chi connectivity index (χ0n) is 9.32. The van der Waals surface area contributed by atoms with Gasteiger partial charge in [-0.3, -0.25) is 0 Å². The Labute approximate surface area is 82.9 Å². The molecule has 0 saturated carbocycles. The molecule has 13 heavy (non-hydrogen) atoms. The smallest absolute Gasteiger partial charge is 0.00457 e. The highest BCUT2D eigenvalue weighted by Crippen LogP contribution is 1.96. The molecule has 0 bridgehead atoms. The summed E-state index contributed by atoms with van der Waals surface area (Å²) >= 11 is 0. The Bertz CT molecular complexity index is 164. The van der Waals surface area contributed by atoms with E-state index in [4.69, 9.17) is 0 Å². The maximum Gasteiger partial charge on any atom is -0.00457 e. The molecule has 0 aromatic heterocycles. The summed E-state index contributed by atoms with van der Waals surface area (Å²) < 4.78 is 0. The monoisotopic (exact) mass is 181 g/mol. The standard InChI is InChI=1S/C12H23N/c1-4-10-13-11-8-6-7-9-12(3)5-2/h7,13H,4-6,8,10-11H2,1-3H3. The third kappa shape index (κ3) is 9.39. The topological polar surface area (TPSA) is 12.0 Å². The fourth-order valence-electron chi connectivity index (χ4n) is 0.979. The third-order valence-corrected chi connectivity index (χ3v) is 2.01. The Balaban J connectivity index is 3.30. The van der Waals surface area contributed by atoms with Crippen LogP contribution < -0.4 is 5.32 Å². The molecular formula is C12H23N. The van der Waals surface area contributed by atoms with Crippen LogP contribution in [0.5, 0.6) is 0 Å². The first-order valence-electron chi connectivity index (χ1n) is 5.42. The largest absolute Gasteiger partial charge is 0.317 e. The predicted molar refractivity (Wildman–Crippen MR) is 60.0 cm³/mol. The van der Waals surface area contributed by atoms with E-state index in [2.05, 4.69) is 37.9 Å². The van der Waals surface area contributed by atoms with Gasteiger partial charge in [-0.25, -0.2) is 0 Å². The lowest BCUT2D eigenvalue weighted by Crippen LogP contribution is -2.15. The first-order chi connectivity index (χ1) is 6.31. The average molecular weight is 181 g/mol. The number of hydrogen-bond acceptors (Lipinski definition) is 1. The van der Waals surface area contributed by atoms with Crippen molar-refractivity contribution >= 4 is 0 Å². The van der Waals surface area contributed by atoms with Crippen LogP contribution in [0.1, 0.15) is 46.5 Å². The number of allylic oxidation sites excluding steroid dienone is 1. The maximum atomic E-state index is 3.38. The summed E-state index contributed by atoms with van der Waals surface area (Å²) in [5.41, 5.74) is 4.64. The molecule has 0 fully saturated rings. The van der Waals surface area contributed by atoms with E-state index in [9.17, 15) is 0 Å². The van der Waals surface area contributed by atoms with E-state index in [0.717, 1.165) is 25.9 Å². The summed E-state index contributed by atoms with van der Waals surface area (Å²) in [7, 11) is 0. The van der Waals surface area contributed by atoms with Crippen LogP contribution in [0.3, 0.4) is 0 Å². The first kappa shape index (κ1) is 12.5. The van der Waals surface area contributed by atoms with E-state index < -0.39 is 0 Å². The number of hydrogen-bond donors (Lipinski definition) is 1. The lowest BCUT2D eigenvalue weighted by Gasteiger charge is -1.98. The van der Waals surface area contributed by atoms with E-state index in [-0.39, 0.29) is 0 Å². The molecule has 0 heterocycles. The van der Waals surface area contributed by atoms with E-state index in [1.165, 1.54) is 18.4 Å². The molecule has 0 amide bonds. The van der Waals surface area contributed by atoms with Crippen molar-refractivity contribution in [1.29, 1.82) is 0 Å². The van der Waals surface area contributed by atoms with Crippen molar-refractivity contribution in [3.05, 3.63) is 17.4 Å². The summed E-state index contributed by atoms with van der Waals surface area (Å²) in [6, 6.07) is 0. The minimum Gasteiger partial charge on any atom is -0.317 e. The summed E-state index contributed by atoms with van der Waals surface area (Å²) in [6.45, 7) is 8.77. The van der Waals surface area contributed by atoms with Crippen molar-refractivity contribution in [3.8, 4) is 0 Å². The van der Waals surface area contributed by atoms with Gasteiger partial charge in [0.05, 0.1) is 0 Å². The second-order valence-electron chi connectivity index (χ2n) is 3.37. The summed E-state index contributed by atoms with van der Waals surface area (Å²) in [5, 5.41) is 3.38. The van der Waals surface area contributed by atoms with Crippen LogP contribution in [-0.2, 0) is 0 Å². The molecule has 0 aliphatic carbocycles. The molecular weight excluding hydrogens is 158 g/mol. The van der Waals surface area contributed by atoms with Gasteiger partial charge in [-0.15, -0.1) is 5.73 Å². The number of unbranched alkanes of at least 4 members (excludes halogenated alkanes) is 1. The molecule has 0 aromatic carbocycles. The van der Waals surface area contributed by atoms with Gasteiger partial charge in [-0.05, 0) is 57.3 Å². The Hall–Kier alpha value is -0.520. The van der Waals surface area contributed by atoms with Gasteiger partial charge in [0, 0.05) is 0 Å². The zero-order valence-corrected chi connectivity index (χ0v) is 9.32. The lowest BCUT2D eigenvalue weighted by molar-refractivity contribution is 0.645. The SMILES string of the molecule is CCCNCCCC=C=C(C)CC. The fourth-order valence-corrected chi connectivity index (χ4v) is 0.979. The van der Waals surface area contributed by atoms with E-state index in [0.29, 0.717) is 0 Å². The molecule has 76 valence electrons. The van der Waals surface area contributed by atoms with Gasteiger partial charge in [0.2, 0.25) is 0 Å². The van der Waals surface area contributed by atoms with Crippen molar-refractivity contribution in [2.45, 2.75) is 46.5 Å². The molecule has 1 nitrogen and oxygen atoms in total. The number of rotatable bonds is 7.